The number of hydrogen-bond acceptors (Lipinski definition) is 0. The number of nitrogens with zero attached hydrogens (tertiary/aromatic N) is 1. The minimum atomic E-state index is -0.123. The Morgan fingerprint density at radius 3 is 2.04 bits per heavy atom. The maximum absolute atomic E-state index is 17.1. The van der Waals surface area contributed by atoms with Crippen molar-refractivity contribution in [2.45, 2.75) is 92.4 Å². The van der Waals surface area contributed by atoms with Crippen LogP contribution in [0.4, 0.5) is 4.39 Å². The van der Waals surface area contributed by atoms with E-state index in [-0.39, 0.29) is 23.1 Å². The number of hydrogen-bond donors (Lipinski definition) is 0. The first-order valence-corrected chi connectivity index (χ1v) is 17.1. The van der Waals surface area contributed by atoms with Crippen molar-refractivity contribution in [2.24, 2.45) is 0 Å². The van der Waals surface area contributed by atoms with E-state index in [4.69, 9.17) is 0 Å². The summed E-state index contributed by atoms with van der Waals surface area (Å²) in [6.45, 7) is 26.8. The van der Waals surface area contributed by atoms with Crippen molar-refractivity contribution in [1.29, 1.82) is 0 Å². The Morgan fingerprint density at radius 1 is 0.844 bits per heavy atom. The highest BCUT2D eigenvalue weighted by atomic mass is 32.1. The molecule has 1 aliphatic rings. The van der Waals surface area contributed by atoms with E-state index in [9.17, 15) is 0 Å². The highest BCUT2D eigenvalue weighted by molar-refractivity contribution is 7.19. The molecule has 45 heavy (non-hydrogen) atoms. The van der Waals surface area contributed by atoms with Crippen LogP contribution >= 0.6 is 11.3 Å². The molecule has 5 aromatic rings. The normalized spacial score (nSPS) is 13.7. The number of fused-ring (bicyclic) bond motifs is 4. The van der Waals surface area contributed by atoms with Crippen molar-refractivity contribution in [2.75, 3.05) is 0 Å². The number of rotatable bonds is 5. The summed E-state index contributed by atoms with van der Waals surface area (Å²) >= 11 is 1.56. The Labute approximate surface area is 273 Å². The molecule has 1 aliphatic heterocycles. The predicted octanol–water partition coefficient (Wildman–Crippen LogP) is 12.5. The lowest BCUT2D eigenvalue weighted by Gasteiger charge is -2.28. The summed E-state index contributed by atoms with van der Waals surface area (Å²) in [5.41, 5.74) is 10.2. The summed E-state index contributed by atoms with van der Waals surface area (Å²) in [6, 6.07) is 20.9. The molecule has 232 valence electrons. The highest BCUT2D eigenvalue weighted by Crippen LogP contribution is 2.48. The summed E-state index contributed by atoms with van der Waals surface area (Å²) in [4.78, 5) is 1.07. The Kier molecular flexibility index (Phi) is 7.85. The maximum Gasteiger partial charge on any atom is 0.197 e. The Hall–Kier alpha value is -3.69. The van der Waals surface area contributed by atoms with Crippen molar-refractivity contribution < 1.29 is 8.97 Å². The Bertz CT molecular complexity index is 1980. The van der Waals surface area contributed by atoms with Crippen LogP contribution in [0.5, 0.6) is 0 Å². The van der Waals surface area contributed by atoms with Crippen molar-refractivity contribution in [3.63, 3.8) is 0 Å². The number of thiophene rings is 1. The van der Waals surface area contributed by atoms with Crippen LogP contribution < -0.4 is 0 Å². The third kappa shape index (κ3) is 5.14. The topological polar surface area (TPSA) is 3.01 Å². The van der Waals surface area contributed by atoms with Gasteiger partial charge in [0.05, 0.1) is 6.72 Å². The monoisotopic (exact) mass is 615 g/mol. The van der Waals surface area contributed by atoms with E-state index >= 15 is 4.39 Å². The SMILES string of the molecule is C=[N+]1C=Cc2c([s+][c-]3c(F)c(-c4c(C(C)C)cc(C(C)C)cc4C(C)C)ccc23)[C-]1c1cc(C(C)(C)C)c2ccccc2c1C. The molecule has 0 unspecified atom stereocenters. The van der Waals surface area contributed by atoms with E-state index in [1.54, 1.807) is 11.3 Å². The second-order valence-corrected chi connectivity index (χ2v) is 15.7. The fourth-order valence-corrected chi connectivity index (χ4v) is 8.29. The molecule has 0 aliphatic carbocycles. The van der Waals surface area contributed by atoms with Crippen LogP contribution in [-0.4, -0.2) is 11.3 Å². The van der Waals surface area contributed by atoms with E-state index < -0.39 is 0 Å². The lowest BCUT2D eigenvalue weighted by Crippen LogP contribution is -2.20. The number of aryl methyl sites for hydroxylation is 1. The molecule has 3 heteroatoms. The average molecular weight is 616 g/mol. The van der Waals surface area contributed by atoms with E-state index in [0.717, 1.165) is 33.0 Å². The fraction of sp³-hybridized carbons (Fsp3) is 0.333. The Balaban J connectivity index is 1.61. The second-order valence-electron chi connectivity index (χ2n) is 14.7. The molecule has 6 rings (SSSR count). The summed E-state index contributed by atoms with van der Waals surface area (Å²) < 4.78 is 19.8. The van der Waals surface area contributed by atoms with Crippen molar-refractivity contribution in [1.82, 2.24) is 0 Å². The van der Waals surface area contributed by atoms with Gasteiger partial charge in [-0.1, -0.05) is 123 Å². The molecule has 0 bridgehead atoms. The highest BCUT2D eigenvalue weighted by Gasteiger charge is 2.35. The first kappa shape index (κ1) is 31.3. The van der Waals surface area contributed by atoms with Gasteiger partial charge in [0.2, 0.25) is 0 Å². The zero-order chi connectivity index (χ0) is 32.5. The van der Waals surface area contributed by atoms with E-state index in [0.29, 0.717) is 16.2 Å². The van der Waals surface area contributed by atoms with Gasteiger partial charge in [0, 0.05) is 0 Å². The lowest BCUT2D eigenvalue weighted by molar-refractivity contribution is -0.417. The molecular weight excluding hydrogens is 570 g/mol. The second kappa shape index (κ2) is 11.3. The lowest BCUT2D eigenvalue weighted by atomic mass is 9.79. The molecular formula is C42H46FNS. The molecule has 0 amide bonds. The predicted molar refractivity (Wildman–Crippen MR) is 195 cm³/mol. The van der Waals surface area contributed by atoms with Crippen LogP contribution in [0.1, 0.15) is 124 Å². The van der Waals surface area contributed by atoms with Crippen LogP contribution in [0.25, 0.3) is 38.1 Å². The van der Waals surface area contributed by atoms with Gasteiger partial charge in [0.25, 0.3) is 0 Å². The standard InChI is InChI=1S/C42H46FNS/c1-23(2)27-20-33(24(3)4)37(34(21-27)25(5)6)32-17-16-30-31-18-19-44(11)39(41(31)45-40(30)38(32)43)35-22-36(42(8,9)10)29-15-13-12-14-28(29)26(35)7/h12-25H,11H2,1-10H3. The minimum Gasteiger partial charge on any atom is -0.257 e. The van der Waals surface area contributed by atoms with Crippen LogP contribution in [-0.2, 0) is 5.41 Å². The summed E-state index contributed by atoms with van der Waals surface area (Å²) in [5.74, 6) is 0.840. The first-order chi connectivity index (χ1) is 21.2. The van der Waals surface area contributed by atoms with Crippen molar-refractivity contribution >= 4 is 45.0 Å². The van der Waals surface area contributed by atoms with E-state index in [1.807, 2.05) is 16.8 Å². The first-order valence-electron chi connectivity index (χ1n) is 16.3. The maximum atomic E-state index is 17.1. The van der Waals surface area contributed by atoms with Gasteiger partial charge < -0.3 is 0 Å². The van der Waals surface area contributed by atoms with Gasteiger partial charge in [0.15, 0.2) is 15.6 Å². The molecule has 1 aromatic heterocycles. The van der Waals surface area contributed by atoms with Gasteiger partial charge in [-0.05, 0) is 84.3 Å². The zero-order valence-corrected chi connectivity index (χ0v) is 29.3. The zero-order valence-electron chi connectivity index (χ0n) is 28.5. The smallest absolute Gasteiger partial charge is 0.197 e. The minimum absolute atomic E-state index is 0.0452. The fourth-order valence-electron chi connectivity index (χ4n) is 6.98. The summed E-state index contributed by atoms with van der Waals surface area (Å²) in [7, 11) is 0. The number of halogens is 1. The summed E-state index contributed by atoms with van der Waals surface area (Å²) in [6.07, 6.45) is 4.13. The van der Waals surface area contributed by atoms with Gasteiger partial charge >= 0.3 is 0 Å². The van der Waals surface area contributed by atoms with Crippen LogP contribution in [0.2, 0.25) is 0 Å². The van der Waals surface area contributed by atoms with E-state index in [1.165, 1.54) is 38.6 Å². The van der Waals surface area contributed by atoms with Gasteiger partial charge in [-0.3, -0.25) is 4.58 Å². The third-order valence-electron chi connectivity index (χ3n) is 9.54. The molecule has 0 atom stereocenters. The Morgan fingerprint density at radius 2 is 1.47 bits per heavy atom. The molecule has 0 fully saturated rings. The summed E-state index contributed by atoms with van der Waals surface area (Å²) in [5, 5.41) is 3.49. The van der Waals surface area contributed by atoms with Crippen molar-refractivity contribution in [3.8, 4) is 11.1 Å². The van der Waals surface area contributed by atoms with Gasteiger partial charge in [-0.2, -0.15) is 0 Å². The van der Waals surface area contributed by atoms with Gasteiger partial charge in [-0.25, -0.2) is 4.39 Å². The van der Waals surface area contributed by atoms with Crippen LogP contribution in [0.15, 0.2) is 60.8 Å². The van der Waals surface area contributed by atoms with Crippen LogP contribution in [0.3, 0.4) is 0 Å². The molecule has 0 spiro atoms. The van der Waals surface area contributed by atoms with Crippen LogP contribution in [0, 0.1) is 18.8 Å². The molecule has 0 N–H and O–H groups in total. The molecule has 0 saturated carbocycles. The largest absolute Gasteiger partial charge is 0.257 e. The molecule has 0 radical (unpaired) electrons. The molecule has 2 heterocycles. The quantitative estimate of drug-likeness (QED) is 0.105. The van der Waals surface area contributed by atoms with Gasteiger partial charge in [0.1, 0.15) is 23.4 Å². The average Bonchev–Trinajstić information content (AvgIpc) is 3.36. The molecule has 1 nitrogen and oxygen atoms in total. The molecule has 4 aromatic carbocycles. The third-order valence-corrected chi connectivity index (χ3v) is 10.8. The van der Waals surface area contributed by atoms with Crippen molar-refractivity contribution in [3.05, 3.63) is 116 Å². The van der Waals surface area contributed by atoms with E-state index in [2.05, 4.69) is 131 Å². The molecule has 0 saturated heterocycles. The number of benzene rings is 4. The van der Waals surface area contributed by atoms with Gasteiger partial charge in [-0.15, -0.1) is 12.1 Å².